The highest BCUT2D eigenvalue weighted by atomic mass is 16.3. The Labute approximate surface area is 122 Å². The number of H-pyrrole nitrogens is 1. The van der Waals surface area contributed by atoms with Crippen molar-refractivity contribution in [1.29, 1.82) is 0 Å². The second-order valence-corrected chi connectivity index (χ2v) is 5.06. The summed E-state index contributed by atoms with van der Waals surface area (Å²) in [6, 6.07) is 14.7. The Hall–Kier alpha value is -2.75. The maximum atomic E-state index is 12.1. The van der Waals surface area contributed by atoms with Crippen molar-refractivity contribution in [2.24, 2.45) is 0 Å². The van der Waals surface area contributed by atoms with Gasteiger partial charge in [0.25, 0.3) is 5.56 Å². The molecule has 4 heteroatoms. The summed E-state index contributed by atoms with van der Waals surface area (Å²) in [5.41, 5.74) is 3.28. The Morgan fingerprint density at radius 3 is 2.76 bits per heavy atom. The van der Waals surface area contributed by atoms with E-state index in [1.807, 2.05) is 37.3 Å². The van der Waals surface area contributed by atoms with E-state index in [4.69, 9.17) is 0 Å². The van der Waals surface area contributed by atoms with Crippen LogP contribution in [-0.2, 0) is 6.54 Å². The molecule has 0 spiro atoms. The fourth-order valence-corrected chi connectivity index (χ4v) is 2.36. The lowest BCUT2D eigenvalue weighted by Gasteiger charge is -2.10. The summed E-state index contributed by atoms with van der Waals surface area (Å²) in [5.74, 6) is 0.238. The van der Waals surface area contributed by atoms with Crippen LogP contribution < -0.4 is 10.9 Å². The third-order valence-electron chi connectivity index (χ3n) is 3.51. The Kier molecular flexibility index (Phi) is 3.36. The summed E-state index contributed by atoms with van der Waals surface area (Å²) in [5, 5.41) is 13.6. The molecule has 1 aromatic heterocycles. The summed E-state index contributed by atoms with van der Waals surface area (Å²) in [7, 11) is 0. The first-order valence-corrected chi connectivity index (χ1v) is 6.78. The van der Waals surface area contributed by atoms with Gasteiger partial charge >= 0.3 is 0 Å². The van der Waals surface area contributed by atoms with E-state index in [1.165, 1.54) is 0 Å². The second kappa shape index (κ2) is 5.32. The number of aromatic amines is 1. The van der Waals surface area contributed by atoms with Crippen molar-refractivity contribution in [3.8, 4) is 5.75 Å². The zero-order valence-corrected chi connectivity index (χ0v) is 11.7. The minimum absolute atomic E-state index is 0.0855. The van der Waals surface area contributed by atoms with Gasteiger partial charge in [-0.1, -0.05) is 18.2 Å². The summed E-state index contributed by atoms with van der Waals surface area (Å²) >= 11 is 0. The van der Waals surface area contributed by atoms with Gasteiger partial charge in [-0.2, -0.15) is 0 Å². The Bertz CT molecular complexity index is 853. The Morgan fingerprint density at radius 1 is 1.14 bits per heavy atom. The van der Waals surface area contributed by atoms with Crippen LogP contribution in [0.2, 0.25) is 0 Å². The number of para-hydroxylation sites is 1. The smallest absolute Gasteiger partial charge is 0.253 e. The molecule has 0 radical (unpaired) electrons. The number of nitrogens with one attached hydrogen (secondary N) is 2. The molecule has 3 N–H and O–H groups in total. The number of fused-ring (bicyclic) bond motifs is 1. The van der Waals surface area contributed by atoms with Crippen molar-refractivity contribution >= 4 is 16.6 Å². The normalized spacial score (nSPS) is 10.7. The van der Waals surface area contributed by atoms with Crippen LogP contribution >= 0.6 is 0 Å². The molecule has 0 unspecified atom stereocenters. The Morgan fingerprint density at radius 2 is 1.95 bits per heavy atom. The molecule has 2 aromatic carbocycles. The fourth-order valence-electron chi connectivity index (χ4n) is 2.36. The number of phenolic OH excluding ortho intramolecular Hbond substituents is 1. The molecular weight excluding hydrogens is 264 g/mol. The molecule has 3 aromatic rings. The number of anilines is 1. The maximum absolute atomic E-state index is 12.1. The quantitative estimate of drug-likeness (QED) is 0.646. The van der Waals surface area contributed by atoms with E-state index in [0.717, 1.165) is 22.2 Å². The van der Waals surface area contributed by atoms with Crippen LogP contribution in [-0.4, -0.2) is 10.1 Å². The predicted molar refractivity (Wildman–Crippen MR) is 84.7 cm³/mol. The van der Waals surface area contributed by atoms with Gasteiger partial charge in [-0.25, -0.2) is 0 Å². The first-order valence-electron chi connectivity index (χ1n) is 6.78. The molecule has 0 aliphatic rings. The van der Waals surface area contributed by atoms with E-state index in [-0.39, 0.29) is 11.3 Å². The fraction of sp³-hybridized carbons (Fsp3) is 0.118. The van der Waals surface area contributed by atoms with Gasteiger partial charge < -0.3 is 15.4 Å². The van der Waals surface area contributed by atoms with Gasteiger partial charge in [0.15, 0.2) is 0 Å². The van der Waals surface area contributed by atoms with Gasteiger partial charge in [-0.3, -0.25) is 4.79 Å². The molecule has 21 heavy (non-hydrogen) atoms. The van der Waals surface area contributed by atoms with Crippen molar-refractivity contribution in [3.63, 3.8) is 0 Å². The van der Waals surface area contributed by atoms with E-state index in [1.54, 1.807) is 18.2 Å². The van der Waals surface area contributed by atoms with Crippen LogP contribution in [0.1, 0.15) is 11.1 Å². The lowest BCUT2D eigenvalue weighted by molar-refractivity contribution is 0.475. The molecule has 3 rings (SSSR count). The molecule has 0 aliphatic carbocycles. The zero-order valence-electron chi connectivity index (χ0n) is 11.7. The summed E-state index contributed by atoms with van der Waals surface area (Å²) in [4.78, 5) is 14.9. The molecular formula is C17H16N2O2. The molecule has 0 fully saturated rings. The van der Waals surface area contributed by atoms with Crippen molar-refractivity contribution in [1.82, 2.24) is 4.98 Å². The van der Waals surface area contributed by atoms with Crippen LogP contribution in [0.15, 0.2) is 53.3 Å². The molecule has 0 atom stereocenters. The molecule has 0 bridgehead atoms. The topological polar surface area (TPSA) is 65.1 Å². The van der Waals surface area contributed by atoms with Crippen LogP contribution in [0.4, 0.5) is 5.69 Å². The third-order valence-corrected chi connectivity index (χ3v) is 3.51. The molecule has 0 aliphatic heterocycles. The van der Waals surface area contributed by atoms with Crippen LogP contribution in [0.5, 0.6) is 5.75 Å². The van der Waals surface area contributed by atoms with E-state index >= 15 is 0 Å². The third kappa shape index (κ3) is 2.74. The van der Waals surface area contributed by atoms with Gasteiger partial charge in [0.1, 0.15) is 5.75 Å². The van der Waals surface area contributed by atoms with Crippen molar-refractivity contribution in [2.75, 3.05) is 5.32 Å². The number of hydrogen-bond donors (Lipinski definition) is 3. The van der Waals surface area contributed by atoms with E-state index in [9.17, 15) is 9.90 Å². The van der Waals surface area contributed by atoms with Crippen LogP contribution in [0, 0.1) is 6.92 Å². The average Bonchev–Trinajstić information content (AvgIpc) is 2.46. The van der Waals surface area contributed by atoms with Gasteiger partial charge in [-0.15, -0.1) is 0 Å². The van der Waals surface area contributed by atoms with Gasteiger partial charge in [0.05, 0.1) is 0 Å². The molecule has 0 saturated heterocycles. The predicted octanol–water partition coefficient (Wildman–Crippen LogP) is 3.15. The number of pyridine rings is 1. The molecule has 4 nitrogen and oxygen atoms in total. The largest absolute Gasteiger partial charge is 0.508 e. The van der Waals surface area contributed by atoms with Crippen molar-refractivity contribution < 1.29 is 5.11 Å². The Balaban J connectivity index is 1.88. The van der Waals surface area contributed by atoms with Crippen LogP contribution in [0.3, 0.4) is 0 Å². The molecule has 1 heterocycles. The van der Waals surface area contributed by atoms with E-state index in [2.05, 4.69) is 10.3 Å². The van der Waals surface area contributed by atoms with Gasteiger partial charge in [0, 0.05) is 23.3 Å². The second-order valence-electron chi connectivity index (χ2n) is 5.06. The molecule has 106 valence electrons. The SMILES string of the molecule is Cc1cc(O)ccc1NCc1cc2ccccc2[nH]c1=O. The molecule has 0 saturated carbocycles. The van der Waals surface area contributed by atoms with E-state index in [0.29, 0.717) is 12.1 Å². The van der Waals surface area contributed by atoms with Gasteiger partial charge in [0.2, 0.25) is 0 Å². The van der Waals surface area contributed by atoms with Crippen molar-refractivity contribution in [3.05, 3.63) is 70.0 Å². The monoisotopic (exact) mass is 280 g/mol. The summed E-state index contributed by atoms with van der Waals surface area (Å²) in [6.45, 7) is 2.35. The standard InChI is InChI=1S/C17H16N2O2/c1-11-8-14(20)6-7-15(11)18-10-13-9-12-4-2-3-5-16(12)19-17(13)21/h2-9,18,20H,10H2,1H3,(H,19,21). The number of rotatable bonds is 3. The first kappa shape index (κ1) is 13.2. The maximum Gasteiger partial charge on any atom is 0.253 e. The number of aromatic hydroxyl groups is 1. The summed E-state index contributed by atoms with van der Waals surface area (Å²) in [6.07, 6.45) is 0. The highest BCUT2D eigenvalue weighted by molar-refractivity contribution is 5.78. The lowest BCUT2D eigenvalue weighted by atomic mass is 10.1. The lowest BCUT2D eigenvalue weighted by Crippen LogP contribution is -2.15. The number of aryl methyl sites for hydroxylation is 1. The average molecular weight is 280 g/mol. The number of benzene rings is 2. The van der Waals surface area contributed by atoms with Crippen LogP contribution in [0.25, 0.3) is 10.9 Å². The zero-order chi connectivity index (χ0) is 14.8. The minimum atomic E-state index is -0.0855. The minimum Gasteiger partial charge on any atom is -0.508 e. The molecule has 0 amide bonds. The van der Waals surface area contributed by atoms with Gasteiger partial charge in [-0.05, 0) is 48.2 Å². The number of aromatic nitrogens is 1. The number of phenols is 1. The highest BCUT2D eigenvalue weighted by Crippen LogP contribution is 2.20. The summed E-state index contributed by atoms with van der Waals surface area (Å²) < 4.78 is 0. The number of hydrogen-bond acceptors (Lipinski definition) is 3. The highest BCUT2D eigenvalue weighted by Gasteiger charge is 2.04. The van der Waals surface area contributed by atoms with E-state index < -0.39 is 0 Å². The first-order chi connectivity index (χ1) is 10.1. The van der Waals surface area contributed by atoms with Crippen molar-refractivity contribution in [2.45, 2.75) is 13.5 Å².